The van der Waals surface area contributed by atoms with E-state index in [0.717, 1.165) is 5.56 Å². The molecule has 1 heterocycles. The lowest BCUT2D eigenvalue weighted by Gasteiger charge is -2.12. The monoisotopic (exact) mass is 274 g/mol. The van der Waals surface area contributed by atoms with Crippen molar-refractivity contribution in [1.29, 1.82) is 0 Å². The summed E-state index contributed by atoms with van der Waals surface area (Å²) in [6, 6.07) is 9.77. The van der Waals surface area contributed by atoms with Crippen LogP contribution in [0.15, 0.2) is 36.5 Å². The van der Waals surface area contributed by atoms with Gasteiger partial charge in [-0.1, -0.05) is 30.3 Å². The van der Waals surface area contributed by atoms with Crippen molar-refractivity contribution in [2.45, 2.75) is 26.7 Å². The largest absolute Gasteiger partial charge is 0.506 e. The third-order valence-corrected chi connectivity index (χ3v) is 3.03. The predicted molar refractivity (Wildman–Crippen MR) is 74.6 cm³/mol. The lowest BCUT2D eigenvalue weighted by molar-refractivity contribution is 0.0228. The van der Waals surface area contributed by atoms with Crippen molar-refractivity contribution in [1.82, 2.24) is 10.5 Å². The fourth-order valence-corrected chi connectivity index (χ4v) is 1.85. The average molecular weight is 274 g/mol. The molecule has 0 aliphatic heterocycles. The highest BCUT2D eigenvalue weighted by Gasteiger charge is 2.10. The van der Waals surface area contributed by atoms with Gasteiger partial charge in [-0.3, -0.25) is 9.82 Å². The maximum absolute atomic E-state index is 9.96. The molecule has 106 valence electrons. The van der Waals surface area contributed by atoms with Gasteiger partial charge in [0.25, 0.3) is 0 Å². The Morgan fingerprint density at radius 1 is 1.25 bits per heavy atom. The smallest absolute Gasteiger partial charge is 0.141 e. The second-order valence-corrected chi connectivity index (χ2v) is 4.45. The van der Waals surface area contributed by atoms with Crippen LogP contribution in [0.4, 0.5) is 0 Å². The van der Waals surface area contributed by atoms with Gasteiger partial charge < -0.3 is 10.2 Å². The van der Waals surface area contributed by atoms with Gasteiger partial charge in [0.15, 0.2) is 0 Å². The minimum atomic E-state index is -0.170. The SMILES string of the molecule is Cc1ncc(CO)c(CNOCc2ccccc2)c1O. The molecule has 0 aliphatic carbocycles. The molecule has 0 saturated heterocycles. The van der Waals surface area contributed by atoms with E-state index in [2.05, 4.69) is 10.5 Å². The van der Waals surface area contributed by atoms with E-state index in [4.69, 9.17) is 4.84 Å². The van der Waals surface area contributed by atoms with Gasteiger partial charge in [0.1, 0.15) is 5.75 Å². The Balaban J connectivity index is 1.92. The fourth-order valence-electron chi connectivity index (χ4n) is 1.85. The van der Waals surface area contributed by atoms with Crippen molar-refractivity contribution in [2.75, 3.05) is 0 Å². The number of benzene rings is 1. The van der Waals surface area contributed by atoms with Gasteiger partial charge in [0.05, 0.1) is 25.5 Å². The van der Waals surface area contributed by atoms with Crippen molar-refractivity contribution >= 4 is 0 Å². The molecule has 5 heteroatoms. The first-order valence-electron chi connectivity index (χ1n) is 6.38. The summed E-state index contributed by atoms with van der Waals surface area (Å²) in [6.45, 7) is 2.28. The fraction of sp³-hybridized carbons (Fsp3) is 0.267. The number of aliphatic hydroxyl groups excluding tert-OH is 1. The van der Waals surface area contributed by atoms with E-state index in [9.17, 15) is 10.2 Å². The first-order chi connectivity index (χ1) is 9.72. The zero-order chi connectivity index (χ0) is 14.4. The third-order valence-electron chi connectivity index (χ3n) is 3.03. The van der Waals surface area contributed by atoms with E-state index in [0.29, 0.717) is 30.0 Å². The maximum atomic E-state index is 9.96. The molecule has 5 nitrogen and oxygen atoms in total. The minimum absolute atomic E-state index is 0.0901. The van der Waals surface area contributed by atoms with Crippen LogP contribution in [0.2, 0.25) is 0 Å². The number of nitrogens with zero attached hydrogens (tertiary/aromatic N) is 1. The molecule has 20 heavy (non-hydrogen) atoms. The van der Waals surface area contributed by atoms with Crippen LogP contribution < -0.4 is 5.48 Å². The summed E-state index contributed by atoms with van der Waals surface area (Å²) >= 11 is 0. The minimum Gasteiger partial charge on any atom is -0.506 e. The van der Waals surface area contributed by atoms with Crippen LogP contribution in [0.5, 0.6) is 5.75 Å². The highest BCUT2D eigenvalue weighted by atomic mass is 16.6. The summed E-state index contributed by atoms with van der Waals surface area (Å²) in [5.74, 6) is 0.0901. The molecule has 0 radical (unpaired) electrons. The maximum Gasteiger partial charge on any atom is 0.141 e. The molecule has 0 saturated carbocycles. The number of aromatic nitrogens is 1. The summed E-state index contributed by atoms with van der Waals surface area (Å²) in [6.07, 6.45) is 1.56. The van der Waals surface area contributed by atoms with Gasteiger partial charge in [-0.25, -0.2) is 0 Å². The lowest BCUT2D eigenvalue weighted by atomic mass is 10.1. The third kappa shape index (κ3) is 3.54. The van der Waals surface area contributed by atoms with Crippen LogP contribution in [-0.2, 0) is 24.6 Å². The lowest BCUT2D eigenvalue weighted by Crippen LogP contribution is -2.16. The number of aromatic hydroxyl groups is 1. The van der Waals surface area contributed by atoms with Crippen molar-refractivity contribution in [3.05, 3.63) is 58.9 Å². The number of hydrogen-bond donors (Lipinski definition) is 3. The molecular weight excluding hydrogens is 256 g/mol. The Bertz CT molecular complexity index is 559. The predicted octanol–water partition coefficient (Wildman–Crippen LogP) is 1.81. The topological polar surface area (TPSA) is 74.6 Å². The van der Waals surface area contributed by atoms with E-state index in [1.807, 2.05) is 30.3 Å². The van der Waals surface area contributed by atoms with Gasteiger partial charge in [0.2, 0.25) is 0 Å². The summed E-state index contributed by atoms with van der Waals surface area (Å²) in [5, 5.41) is 19.2. The molecule has 1 aromatic heterocycles. The van der Waals surface area contributed by atoms with Gasteiger partial charge in [-0.05, 0) is 12.5 Å². The van der Waals surface area contributed by atoms with E-state index < -0.39 is 0 Å². The van der Waals surface area contributed by atoms with Crippen LogP contribution in [-0.4, -0.2) is 15.2 Å². The van der Waals surface area contributed by atoms with E-state index in [1.165, 1.54) is 0 Å². The van der Waals surface area contributed by atoms with Crippen molar-refractivity contribution in [3.63, 3.8) is 0 Å². The van der Waals surface area contributed by atoms with E-state index >= 15 is 0 Å². The molecule has 0 bridgehead atoms. The van der Waals surface area contributed by atoms with Crippen LogP contribution >= 0.6 is 0 Å². The number of aryl methyl sites for hydroxylation is 1. The molecule has 0 unspecified atom stereocenters. The summed E-state index contributed by atoms with van der Waals surface area (Å²) < 4.78 is 0. The zero-order valence-electron chi connectivity index (χ0n) is 11.3. The van der Waals surface area contributed by atoms with E-state index in [1.54, 1.807) is 13.1 Å². The normalized spacial score (nSPS) is 10.7. The summed E-state index contributed by atoms with van der Waals surface area (Å²) in [4.78, 5) is 9.36. The molecule has 0 fully saturated rings. The Morgan fingerprint density at radius 2 is 2.00 bits per heavy atom. The second-order valence-electron chi connectivity index (χ2n) is 4.45. The number of hydrogen-bond acceptors (Lipinski definition) is 5. The van der Waals surface area contributed by atoms with Gasteiger partial charge in [-0.15, -0.1) is 0 Å². The quantitative estimate of drug-likeness (QED) is 0.553. The van der Waals surface area contributed by atoms with Crippen molar-refractivity contribution in [3.8, 4) is 5.75 Å². The van der Waals surface area contributed by atoms with Gasteiger partial charge in [-0.2, -0.15) is 5.48 Å². The summed E-state index contributed by atoms with van der Waals surface area (Å²) in [5.41, 5.74) is 5.57. The Labute approximate surface area is 117 Å². The highest BCUT2D eigenvalue weighted by molar-refractivity contribution is 5.40. The van der Waals surface area contributed by atoms with Crippen molar-refractivity contribution < 1.29 is 15.1 Å². The molecule has 3 N–H and O–H groups in total. The number of rotatable bonds is 6. The molecule has 0 amide bonds. The average Bonchev–Trinajstić information content (AvgIpc) is 2.49. The van der Waals surface area contributed by atoms with Gasteiger partial charge in [0, 0.05) is 17.3 Å². The molecule has 1 aromatic carbocycles. The Morgan fingerprint density at radius 3 is 2.70 bits per heavy atom. The molecule has 0 aliphatic rings. The van der Waals surface area contributed by atoms with Crippen LogP contribution in [0.1, 0.15) is 22.4 Å². The first kappa shape index (κ1) is 14.5. The number of nitrogens with one attached hydrogen (secondary N) is 1. The molecule has 2 rings (SSSR count). The number of aliphatic hydroxyl groups is 1. The van der Waals surface area contributed by atoms with Crippen LogP contribution in [0.3, 0.4) is 0 Å². The van der Waals surface area contributed by atoms with Gasteiger partial charge >= 0.3 is 0 Å². The molecule has 0 atom stereocenters. The molecule has 2 aromatic rings. The Hall–Kier alpha value is -1.95. The summed E-state index contributed by atoms with van der Waals surface area (Å²) in [7, 11) is 0. The number of hydroxylamine groups is 1. The van der Waals surface area contributed by atoms with Crippen LogP contribution in [0, 0.1) is 6.92 Å². The standard InChI is InChI=1S/C15H18N2O3/c1-11-15(19)14(13(9-18)7-16-11)8-17-20-10-12-5-3-2-4-6-12/h2-7,17-19H,8-10H2,1H3. The number of pyridine rings is 1. The highest BCUT2D eigenvalue weighted by Crippen LogP contribution is 2.23. The van der Waals surface area contributed by atoms with Crippen LogP contribution in [0.25, 0.3) is 0 Å². The molecule has 0 spiro atoms. The zero-order valence-corrected chi connectivity index (χ0v) is 11.3. The van der Waals surface area contributed by atoms with E-state index in [-0.39, 0.29) is 12.4 Å². The Kier molecular flexibility index (Phi) is 5.06. The van der Waals surface area contributed by atoms with Crippen molar-refractivity contribution in [2.24, 2.45) is 0 Å². The first-order valence-corrected chi connectivity index (χ1v) is 6.38. The second kappa shape index (κ2) is 7.00. The molecular formula is C15H18N2O3.